The summed E-state index contributed by atoms with van der Waals surface area (Å²) < 4.78 is 5.28. The smallest absolute Gasteiger partial charge is 0.224 e. The monoisotopic (exact) mass is 390 g/mol. The van der Waals surface area contributed by atoms with E-state index in [1.165, 1.54) is 11.8 Å². The van der Waals surface area contributed by atoms with E-state index in [1.54, 1.807) is 25.6 Å². The lowest BCUT2D eigenvalue weighted by Crippen LogP contribution is -2.36. The first-order valence-electron chi connectivity index (χ1n) is 8.35. The van der Waals surface area contributed by atoms with Crippen LogP contribution >= 0.6 is 11.8 Å². The fourth-order valence-electron chi connectivity index (χ4n) is 2.34. The Kier molecular flexibility index (Phi) is 7.00. The number of rotatable bonds is 8. The minimum absolute atomic E-state index is 0.0715. The van der Waals surface area contributed by atoms with Gasteiger partial charge in [-0.15, -0.1) is 11.8 Å². The summed E-state index contributed by atoms with van der Waals surface area (Å²) in [4.78, 5) is 13.4. The van der Waals surface area contributed by atoms with Crippen LogP contribution in [-0.4, -0.2) is 52.1 Å². The molecule has 0 saturated carbocycles. The van der Waals surface area contributed by atoms with Gasteiger partial charge in [-0.3, -0.25) is 4.98 Å². The second-order valence-corrected chi connectivity index (χ2v) is 7.25. The number of thioether (sulfide) groups is 1. The lowest BCUT2D eigenvalue weighted by atomic mass is 10.1. The van der Waals surface area contributed by atoms with Gasteiger partial charge in [0.05, 0.1) is 36.7 Å². The Morgan fingerprint density at radius 3 is 2.70 bits per heavy atom. The summed E-state index contributed by atoms with van der Waals surface area (Å²) in [5, 5.41) is 13.4. The highest BCUT2D eigenvalue weighted by molar-refractivity contribution is 7.98. The highest BCUT2D eigenvalue weighted by Crippen LogP contribution is 2.34. The van der Waals surface area contributed by atoms with Gasteiger partial charge < -0.3 is 26.6 Å². The SMILES string of the molecule is COc1cncc(-c2nc(NC(C)(C)CO)nc(SC)c2/C(N)=C/CN)c1. The summed E-state index contributed by atoms with van der Waals surface area (Å²) in [5.41, 5.74) is 13.9. The van der Waals surface area contributed by atoms with E-state index in [0.717, 1.165) is 5.56 Å². The van der Waals surface area contributed by atoms with Gasteiger partial charge >= 0.3 is 0 Å². The molecule has 0 radical (unpaired) electrons. The van der Waals surface area contributed by atoms with Gasteiger partial charge in [0, 0.05) is 24.0 Å². The lowest BCUT2D eigenvalue weighted by Gasteiger charge is -2.24. The zero-order valence-corrected chi connectivity index (χ0v) is 16.8. The molecule has 0 saturated heterocycles. The Labute approximate surface area is 163 Å². The summed E-state index contributed by atoms with van der Waals surface area (Å²) in [6.07, 6.45) is 6.94. The molecule has 0 bridgehead atoms. The summed E-state index contributed by atoms with van der Waals surface area (Å²) in [6, 6.07) is 1.83. The van der Waals surface area contributed by atoms with Gasteiger partial charge in [0.1, 0.15) is 10.8 Å². The lowest BCUT2D eigenvalue weighted by molar-refractivity contribution is 0.233. The number of ether oxygens (including phenoxy) is 1. The molecule has 0 aliphatic heterocycles. The molecule has 8 nitrogen and oxygen atoms in total. The van der Waals surface area contributed by atoms with Crippen LogP contribution < -0.4 is 21.5 Å². The van der Waals surface area contributed by atoms with Crippen LogP contribution in [0.1, 0.15) is 19.4 Å². The zero-order valence-electron chi connectivity index (χ0n) is 16.0. The number of nitrogens with two attached hydrogens (primary N) is 2. The molecule has 2 heterocycles. The van der Waals surface area contributed by atoms with Gasteiger partial charge in [0.25, 0.3) is 0 Å². The van der Waals surface area contributed by atoms with E-state index in [1.807, 2.05) is 26.2 Å². The first-order valence-corrected chi connectivity index (χ1v) is 9.58. The van der Waals surface area contributed by atoms with Crippen molar-refractivity contribution in [3.63, 3.8) is 0 Å². The molecule has 0 aliphatic carbocycles. The van der Waals surface area contributed by atoms with Crippen LogP contribution in [0.5, 0.6) is 5.75 Å². The standard InChI is InChI=1S/C18H26N6O2S/c1-18(2,10-25)24-17-22-15(11-7-12(26-3)9-21-8-11)14(13(20)5-6-19)16(23-17)27-4/h5,7-9,25H,6,10,19-20H2,1-4H3,(H,22,23,24)/b13-5-. The number of aliphatic hydroxyl groups is 1. The number of aromatic nitrogens is 3. The second-order valence-electron chi connectivity index (χ2n) is 6.46. The quantitative estimate of drug-likeness (QED) is 0.393. The molecule has 9 heteroatoms. The summed E-state index contributed by atoms with van der Waals surface area (Å²) in [5.74, 6) is 0.995. The summed E-state index contributed by atoms with van der Waals surface area (Å²) in [7, 11) is 1.58. The number of nitrogens with zero attached hydrogens (tertiary/aromatic N) is 3. The number of hydrogen-bond acceptors (Lipinski definition) is 9. The van der Waals surface area contributed by atoms with Crippen LogP contribution in [-0.2, 0) is 0 Å². The molecule has 0 spiro atoms. The first kappa shape index (κ1) is 20.9. The highest BCUT2D eigenvalue weighted by atomic mass is 32.2. The van der Waals surface area contributed by atoms with E-state index in [9.17, 15) is 5.11 Å². The molecule has 2 rings (SSSR count). The van der Waals surface area contributed by atoms with E-state index in [2.05, 4.69) is 20.3 Å². The third kappa shape index (κ3) is 5.09. The largest absolute Gasteiger partial charge is 0.495 e. The molecule has 0 fully saturated rings. The average molecular weight is 391 g/mol. The Morgan fingerprint density at radius 1 is 1.37 bits per heavy atom. The molecule has 2 aromatic rings. The molecule has 0 aliphatic rings. The molecule has 0 unspecified atom stereocenters. The van der Waals surface area contributed by atoms with Gasteiger partial charge in [-0.1, -0.05) is 0 Å². The van der Waals surface area contributed by atoms with Gasteiger partial charge in [-0.05, 0) is 32.2 Å². The van der Waals surface area contributed by atoms with Crippen LogP contribution in [0.4, 0.5) is 5.95 Å². The minimum atomic E-state index is -0.584. The number of nitrogens with one attached hydrogen (secondary N) is 1. The van der Waals surface area contributed by atoms with Crippen molar-refractivity contribution in [3.8, 4) is 17.0 Å². The highest BCUT2D eigenvalue weighted by Gasteiger charge is 2.22. The number of pyridine rings is 1. The molecule has 2 aromatic heterocycles. The van der Waals surface area contributed by atoms with Crippen molar-refractivity contribution in [2.75, 3.05) is 31.8 Å². The normalized spacial score (nSPS) is 12.1. The van der Waals surface area contributed by atoms with Crippen LogP contribution in [0, 0.1) is 0 Å². The van der Waals surface area contributed by atoms with E-state index in [4.69, 9.17) is 16.2 Å². The molecular weight excluding hydrogens is 364 g/mol. The fourth-order valence-corrected chi connectivity index (χ4v) is 2.94. The van der Waals surface area contributed by atoms with Crippen molar-refractivity contribution in [3.05, 3.63) is 30.1 Å². The molecule has 27 heavy (non-hydrogen) atoms. The van der Waals surface area contributed by atoms with Crippen molar-refractivity contribution in [1.82, 2.24) is 15.0 Å². The molecule has 0 aromatic carbocycles. The van der Waals surface area contributed by atoms with E-state index in [0.29, 0.717) is 40.2 Å². The Bertz CT molecular complexity index is 825. The van der Waals surface area contributed by atoms with Crippen LogP contribution in [0.3, 0.4) is 0 Å². The second kappa shape index (κ2) is 9.03. The van der Waals surface area contributed by atoms with Crippen molar-refractivity contribution in [1.29, 1.82) is 0 Å². The average Bonchev–Trinajstić information content (AvgIpc) is 2.67. The zero-order chi connectivity index (χ0) is 20.0. The van der Waals surface area contributed by atoms with Crippen molar-refractivity contribution < 1.29 is 9.84 Å². The van der Waals surface area contributed by atoms with Crippen molar-refractivity contribution >= 4 is 23.4 Å². The molecule has 0 atom stereocenters. The number of aliphatic hydroxyl groups excluding tert-OH is 1. The van der Waals surface area contributed by atoms with Crippen LogP contribution in [0.15, 0.2) is 29.6 Å². The number of hydrogen-bond donors (Lipinski definition) is 4. The van der Waals surface area contributed by atoms with Gasteiger partial charge in [-0.2, -0.15) is 0 Å². The predicted molar refractivity (Wildman–Crippen MR) is 110 cm³/mol. The van der Waals surface area contributed by atoms with Crippen molar-refractivity contribution in [2.45, 2.75) is 24.4 Å². The minimum Gasteiger partial charge on any atom is -0.495 e. The Balaban J connectivity index is 2.73. The first-order chi connectivity index (χ1) is 12.8. The molecule has 0 amide bonds. The maximum atomic E-state index is 9.56. The number of anilines is 1. The van der Waals surface area contributed by atoms with E-state index < -0.39 is 5.54 Å². The van der Waals surface area contributed by atoms with Crippen molar-refractivity contribution in [2.24, 2.45) is 11.5 Å². The fraction of sp³-hybridized carbons (Fsp3) is 0.389. The maximum absolute atomic E-state index is 9.56. The molecule has 146 valence electrons. The van der Waals surface area contributed by atoms with Gasteiger partial charge in [0.15, 0.2) is 0 Å². The summed E-state index contributed by atoms with van der Waals surface area (Å²) in [6.45, 7) is 3.95. The predicted octanol–water partition coefficient (Wildman–Crippen LogP) is 1.71. The van der Waals surface area contributed by atoms with E-state index >= 15 is 0 Å². The van der Waals surface area contributed by atoms with Crippen LogP contribution in [0.2, 0.25) is 0 Å². The molecular formula is C18H26N6O2S. The Hall–Kier alpha value is -2.36. The van der Waals surface area contributed by atoms with Gasteiger partial charge in [-0.25, -0.2) is 9.97 Å². The molecule has 6 N–H and O–H groups in total. The van der Waals surface area contributed by atoms with Crippen LogP contribution in [0.25, 0.3) is 17.0 Å². The topological polar surface area (TPSA) is 132 Å². The number of methoxy groups -OCH3 is 1. The third-order valence-electron chi connectivity index (χ3n) is 3.76. The Morgan fingerprint density at radius 2 is 2.11 bits per heavy atom. The summed E-state index contributed by atoms with van der Waals surface area (Å²) >= 11 is 1.45. The maximum Gasteiger partial charge on any atom is 0.224 e. The van der Waals surface area contributed by atoms with Gasteiger partial charge in [0.2, 0.25) is 5.95 Å². The van der Waals surface area contributed by atoms with E-state index in [-0.39, 0.29) is 6.61 Å². The third-order valence-corrected chi connectivity index (χ3v) is 4.45.